The zero-order valence-corrected chi connectivity index (χ0v) is 8.29. The molecule has 0 aromatic carbocycles. The van der Waals surface area contributed by atoms with E-state index in [4.69, 9.17) is 21.8 Å². The summed E-state index contributed by atoms with van der Waals surface area (Å²) < 4.78 is 0. The maximum atomic E-state index is 9.03. The lowest BCUT2D eigenvalue weighted by Gasteiger charge is -2.04. The van der Waals surface area contributed by atoms with E-state index < -0.39 is 6.10 Å². The van der Waals surface area contributed by atoms with Crippen LogP contribution in [0.15, 0.2) is 17.2 Å². The maximum Gasteiger partial charge on any atom is 0.151 e. The van der Waals surface area contributed by atoms with Crippen molar-refractivity contribution >= 4 is 23.4 Å². The largest absolute Gasteiger partial charge is 0.394 e. The van der Waals surface area contributed by atoms with Gasteiger partial charge in [-0.15, -0.1) is 22.0 Å². The third-order valence-electron chi connectivity index (χ3n) is 1.24. The number of nitrogens with zero attached hydrogens (tertiary/aromatic N) is 2. The predicted octanol–water partition coefficient (Wildman–Crippen LogP) is 0.575. The SMILES string of the molecule is OCC(O)CSc1ccc(Cl)nn1. The molecule has 2 N–H and O–H groups in total. The van der Waals surface area contributed by atoms with E-state index in [1.54, 1.807) is 12.1 Å². The van der Waals surface area contributed by atoms with Crippen LogP contribution in [0.2, 0.25) is 5.15 Å². The molecule has 0 aliphatic carbocycles. The molecule has 0 aliphatic rings. The van der Waals surface area contributed by atoms with Gasteiger partial charge in [0.2, 0.25) is 0 Å². The Balaban J connectivity index is 2.41. The molecule has 1 aromatic rings. The minimum absolute atomic E-state index is 0.242. The average Bonchev–Trinajstić information content (AvgIpc) is 2.16. The van der Waals surface area contributed by atoms with Crippen LogP contribution in [-0.2, 0) is 0 Å². The van der Waals surface area contributed by atoms with E-state index in [1.807, 2.05) is 0 Å². The highest BCUT2D eigenvalue weighted by molar-refractivity contribution is 7.99. The first-order chi connectivity index (χ1) is 6.22. The summed E-state index contributed by atoms with van der Waals surface area (Å²) in [6, 6.07) is 3.34. The van der Waals surface area contributed by atoms with Crippen LogP contribution in [-0.4, -0.2) is 38.9 Å². The van der Waals surface area contributed by atoms with Gasteiger partial charge in [-0.1, -0.05) is 11.6 Å². The van der Waals surface area contributed by atoms with E-state index >= 15 is 0 Å². The molecule has 0 bridgehead atoms. The predicted molar refractivity (Wildman–Crippen MR) is 50.9 cm³/mol. The third kappa shape index (κ3) is 3.91. The van der Waals surface area contributed by atoms with Crippen molar-refractivity contribution < 1.29 is 10.2 Å². The first-order valence-electron chi connectivity index (χ1n) is 3.63. The second kappa shape index (κ2) is 5.39. The second-order valence-corrected chi connectivity index (χ2v) is 3.77. The second-order valence-electron chi connectivity index (χ2n) is 2.34. The number of hydrogen-bond acceptors (Lipinski definition) is 5. The van der Waals surface area contributed by atoms with E-state index in [0.29, 0.717) is 15.9 Å². The van der Waals surface area contributed by atoms with Gasteiger partial charge in [-0.3, -0.25) is 0 Å². The first kappa shape index (κ1) is 10.7. The Morgan fingerprint density at radius 2 is 2.23 bits per heavy atom. The molecule has 1 rings (SSSR count). The highest BCUT2D eigenvalue weighted by Crippen LogP contribution is 2.16. The van der Waals surface area contributed by atoms with E-state index in [1.165, 1.54) is 11.8 Å². The van der Waals surface area contributed by atoms with Gasteiger partial charge < -0.3 is 10.2 Å². The van der Waals surface area contributed by atoms with Crippen LogP contribution in [0.25, 0.3) is 0 Å². The number of aliphatic hydroxyl groups excluding tert-OH is 2. The standard InChI is InChI=1S/C7H9ClN2O2S/c8-6-1-2-7(10-9-6)13-4-5(12)3-11/h1-2,5,11-12H,3-4H2. The molecule has 1 heterocycles. The van der Waals surface area contributed by atoms with Crippen LogP contribution in [0.1, 0.15) is 0 Å². The lowest BCUT2D eigenvalue weighted by atomic mass is 10.4. The molecule has 13 heavy (non-hydrogen) atoms. The summed E-state index contributed by atoms with van der Waals surface area (Å²) in [5.41, 5.74) is 0. The van der Waals surface area contributed by atoms with E-state index in [9.17, 15) is 0 Å². The number of halogens is 1. The molecule has 0 spiro atoms. The number of aromatic nitrogens is 2. The zero-order valence-electron chi connectivity index (χ0n) is 6.72. The van der Waals surface area contributed by atoms with Crippen LogP contribution in [0.3, 0.4) is 0 Å². The Bertz CT molecular complexity index is 257. The molecule has 72 valence electrons. The normalized spacial score (nSPS) is 12.8. The molecular formula is C7H9ClN2O2S. The zero-order chi connectivity index (χ0) is 9.68. The number of rotatable bonds is 4. The van der Waals surface area contributed by atoms with E-state index in [-0.39, 0.29) is 6.61 Å². The van der Waals surface area contributed by atoms with Crippen molar-refractivity contribution in [2.75, 3.05) is 12.4 Å². The van der Waals surface area contributed by atoms with Gasteiger partial charge in [0.1, 0.15) is 5.03 Å². The van der Waals surface area contributed by atoms with Crippen molar-refractivity contribution in [3.05, 3.63) is 17.3 Å². The lowest BCUT2D eigenvalue weighted by Crippen LogP contribution is -2.14. The molecule has 0 aliphatic heterocycles. The smallest absolute Gasteiger partial charge is 0.151 e. The molecule has 0 fully saturated rings. The Labute approximate surface area is 84.9 Å². The quantitative estimate of drug-likeness (QED) is 0.727. The summed E-state index contributed by atoms with van der Waals surface area (Å²) in [6.45, 7) is -0.242. The highest BCUT2D eigenvalue weighted by Gasteiger charge is 2.03. The van der Waals surface area contributed by atoms with Gasteiger partial charge >= 0.3 is 0 Å². The molecule has 0 saturated carbocycles. The van der Waals surface area contributed by atoms with Gasteiger partial charge in [-0.2, -0.15) is 0 Å². The number of hydrogen-bond donors (Lipinski definition) is 2. The van der Waals surface area contributed by atoms with E-state index in [0.717, 1.165) is 0 Å². The van der Waals surface area contributed by atoms with Crippen molar-refractivity contribution in [1.29, 1.82) is 0 Å². The molecule has 1 atom stereocenters. The fourth-order valence-electron chi connectivity index (χ4n) is 0.615. The highest BCUT2D eigenvalue weighted by atomic mass is 35.5. The van der Waals surface area contributed by atoms with Crippen LogP contribution in [0.5, 0.6) is 0 Å². The summed E-state index contributed by atoms with van der Waals surface area (Å²) >= 11 is 6.85. The minimum atomic E-state index is -0.720. The van der Waals surface area contributed by atoms with Crippen molar-refractivity contribution in [2.24, 2.45) is 0 Å². The topological polar surface area (TPSA) is 66.2 Å². The van der Waals surface area contributed by atoms with Gasteiger partial charge in [0.05, 0.1) is 12.7 Å². The first-order valence-corrected chi connectivity index (χ1v) is 4.99. The molecule has 0 amide bonds. The molecule has 1 unspecified atom stereocenters. The third-order valence-corrected chi connectivity index (χ3v) is 2.51. The Kier molecular flexibility index (Phi) is 4.44. The van der Waals surface area contributed by atoms with Gasteiger partial charge in [0, 0.05) is 5.75 Å². The Hall–Kier alpha value is -0.360. The van der Waals surface area contributed by atoms with Gasteiger partial charge in [0.25, 0.3) is 0 Å². The van der Waals surface area contributed by atoms with Gasteiger partial charge in [-0.25, -0.2) is 0 Å². The molecule has 4 nitrogen and oxygen atoms in total. The van der Waals surface area contributed by atoms with Crippen molar-refractivity contribution in [3.63, 3.8) is 0 Å². The molecule has 1 aromatic heterocycles. The number of thioether (sulfide) groups is 1. The van der Waals surface area contributed by atoms with Crippen LogP contribution >= 0.6 is 23.4 Å². The van der Waals surface area contributed by atoms with Crippen LogP contribution in [0, 0.1) is 0 Å². The lowest BCUT2D eigenvalue weighted by molar-refractivity contribution is 0.113. The maximum absolute atomic E-state index is 9.03. The van der Waals surface area contributed by atoms with Crippen molar-refractivity contribution in [3.8, 4) is 0 Å². The van der Waals surface area contributed by atoms with Crippen molar-refractivity contribution in [2.45, 2.75) is 11.1 Å². The summed E-state index contributed by atoms with van der Waals surface area (Å²) in [5.74, 6) is 0.396. The van der Waals surface area contributed by atoms with Crippen molar-refractivity contribution in [1.82, 2.24) is 10.2 Å². The molecule has 6 heteroatoms. The van der Waals surface area contributed by atoms with Crippen LogP contribution < -0.4 is 0 Å². The average molecular weight is 221 g/mol. The summed E-state index contributed by atoms with van der Waals surface area (Å²) in [4.78, 5) is 0. The van der Waals surface area contributed by atoms with E-state index in [2.05, 4.69) is 10.2 Å². The fourth-order valence-corrected chi connectivity index (χ4v) is 1.45. The summed E-state index contributed by atoms with van der Waals surface area (Å²) in [5, 5.41) is 26.0. The fraction of sp³-hybridized carbons (Fsp3) is 0.429. The Morgan fingerprint density at radius 1 is 1.46 bits per heavy atom. The molecular weight excluding hydrogens is 212 g/mol. The summed E-state index contributed by atoms with van der Waals surface area (Å²) in [6.07, 6.45) is -0.720. The molecule has 0 radical (unpaired) electrons. The van der Waals surface area contributed by atoms with Gasteiger partial charge in [-0.05, 0) is 12.1 Å². The van der Waals surface area contributed by atoms with Gasteiger partial charge in [0.15, 0.2) is 5.15 Å². The summed E-state index contributed by atoms with van der Waals surface area (Å²) in [7, 11) is 0. The number of aliphatic hydroxyl groups is 2. The monoisotopic (exact) mass is 220 g/mol. The van der Waals surface area contributed by atoms with Crippen LogP contribution in [0.4, 0.5) is 0 Å². The Morgan fingerprint density at radius 3 is 2.77 bits per heavy atom. The molecule has 0 saturated heterocycles. The minimum Gasteiger partial charge on any atom is -0.394 e.